The highest BCUT2D eigenvalue weighted by Gasteiger charge is 2.51. The minimum Gasteiger partial charge on any atom is -0.323 e. The van der Waals surface area contributed by atoms with Crippen molar-refractivity contribution < 1.29 is 4.79 Å². The minimum atomic E-state index is -0.197. The van der Waals surface area contributed by atoms with E-state index in [2.05, 4.69) is 31.0 Å². The Labute approximate surface area is 118 Å². The summed E-state index contributed by atoms with van der Waals surface area (Å²) in [5.41, 5.74) is -0.197. The van der Waals surface area contributed by atoms with Crippen LogP contribution < -0.4 is 5.32 Å². The predicted octanol–water partition coefficient (Wildman–Crippen LogP) is 3.44. The quantitative estimate of drug-likeness (QED) is 0.747. The zero-order valence-electron chi connectivity index (χ0n) is 12.9. The van der Waals surface area contributed by atoms with E-state index in [1.807, 2.05) is 0 Å². The van der Waals surface area contributed by atoms with Crippen LogP contribution in [0.15, 0.2) is 0 Å². The Morgan fingerprint density at radius 1 is 1.32 bits per heavy atom. The Morgan fingerprint density at radius 2 is 2.00 bits per heavy atom. The highest BCUT2D eigenvalue weighted by atomic mass is 16.2. The second kappa shape index (κ2) is 6.25. The molecule has 1 saturated heterocycles. The lowest BCUT2D eigenvalue weighted by Crippen LogP contribution is -2.45. The number of hydrogen-bond donors (Lipinski definition) is 1. The van der Waals surface area contributed by atoms with Crippen LogP contribution in [0.4, 0.5) is 0 Å². The maximum atomic E-state index is 12.7. The molecule has 19 heavy (non-hydrogen) atoms. The number of rotatable bonds is 6. The molecule has 110 valence electrons. The standard InChI is InChI=1S/C16H30N2O/c1-4-5-6-7-10-13(2)18-14(3)17-16(15(18)19)11-8-9-12-16/h13-14,17H,4-12H2,1-3H3. The van der Waals surface area contributed by atoms with Crippen LogP contribution in [0.25, 0.3) is 0 Å². The van der Waals surface area contributed by atoms with Gasteiger partial charge in [-0.05, 0) is 33.1 Å². The van der Waals surface area contributed by atoms with E-state index in [4.69, 9.17) is 0 Å². The summed E-state index contributed by atoms with van der Waals surface area (Å²) >= 11 is 0. The van der Waals surface area contributed by atoms with E-state index < -0.39 is 0 Å². The summed E-state index contributed by atoms with van der Waals surface area (Å²) < 4.78 is 0. The Hall–Kier alpha value is -0.570. The first-order valence-electron chi connectivity index (χ1n) is 8.21. The van der Waals surface area contributed by atoms with Crippen LogP contribution in [0.5, 0.6) is 0 Å². The SMILES string of the molecule is CCCCCCC(C)N1C(=O)C2(CCCC2)NC1C. The third kappa shape index (κ3) is 2.96. The van der Waals surface area contributed by atoms with Crippen LogP contribution in [0, 0.1) is 0 Å². The average molecular weight is 266 g/mol. The van der Waals surface area contributed by atoms with E-state index in [9.17, 15) is 4.79 Å². The summed E-state index contributed by atoms with van der Waals surface area (Å²) in [5.74, 6) is 0.375. The fourth-order valence-electron chi connectivity index (χ4n) is 3.88. The molecule has 1 aliphatic heterocycles. The van der Waals surface area contributed by atoms with Crippen molar-refractivity contribution in [2.24, 2.45) is 0 Å². The van der Waals surface area contributed by atoms with Gasteiger partial charge in [0.2, 0.25) is 5.91 Å². The number of unbranched alkanes of at least 4 members (excludes halogenated alkanes) is 3. The Bertz CT molecular complexity index is 310. The third-order valence-corrected chi connectivity index (χ3v) is 4.95. The zero-order chi connectivity index (χ0) is 13.9. The summed E-state index contributed by atoms with van der Waals surface area (Å²) in [6, 6.07) is 0.381. The number of nitrogens with zero attached hydrogens (tertiary/aromatic N) is 1. The maximum Gasteiger partial charge on any atom is 0.244 e. The van der Waals surface area contributed by atoms with Crippen LogP contribution in [0.3, 0.4) is 0 Å². The summed E-state index contributed by atoms with van der Waals surface area (Å²) in [6.45, 7) is 6.60. The lowest BCUT2D eigenvalue weighted by Gasteiger charge is -2.29. The van der Waals surface area contributed by atoms with Gasteiger partial charge in [-0.25, -0.2) is 0 Å². The zero-order valence-corrected chi connectivity index (χ0v) is 12.9. The van der Waals surface area contributed by atoms with Crippen molar-refractivity contribution in [2.75, 3.05) is 0 Å². The Kier molecular flexibility index (Phi) is 4.88. The summed E-state index contributed by atoms with van der Waals surface area (Å²) in [6.07, 6.45) is 11.0. The molecule has 0 radical (unpaired) electrons. The molecule has 2 fully saturated rings. The van der Waals surface area contributed by atoms with Crippen molar-refractivity contribution in [1.29, 1.82) is 0 Å². The highest BCUT2D eigenvalue weighted by molar-refractivity contribution is 5.89. The molecule has 0 bridgehead atoms. The molecule has 1 heterocycles. The molecule has 1 spiro atoms. The fourth-order valence-corrected chi connectivity index (χ4v) is 3.88. The predicted molar refractivity (Wildman–Crippen MR) is 78.9 cm³/mol. The van der Waals surface area contributed by atoms with E-state index in [1.54, 1.807) is 0 Å². The number of carbonyl (C=O) groups excluding carboxylic acids is 1. The molecule has 2 rings (SSSR count). The van der Waals surface area contributed by atoms with Crippen molar-refractivity contribution in [3.63, 3.8) is 0 Å². The van der Waals surface area contributed by atoms with Crippen LogP contribution >= 0.6 is 0 Å². The van der Waals surface area contributed by atoms with Gasteiger partial charge in [-0.1, -0.05) is 45.4 Å². The number of nitrogens with one attached hydrogen (secondary N) is 1. The van der Waals surface area contributed by atoms with E-state index in [0.717, 1.165) is 19.3 Å². The second-order valence-corrected chi connectivity index (χ2v) is 6.52. The third-order valence-electron chi connectivity index (χ3n) is 4.95. The van der Waals surface area contributed by atoms with Crippen LogP contribution in [-0.2, 0) is 4.79 Å². The minimum absolute atomic E-state index is 0.197. The fraction of sp³-hybridized carbons (Fsp3) is 0.938. The molecule has 0 aromatic carbocycles. The van der Waals surface area contributed by atoms with Gasteiger partial charge in [0, 0.05) is 6.04 Å². The molecule has 2 atom stereocenters. The van der Waals surface area contributed by atoms with Gasteiger partial charge >= 0.3 is 0 Å². The first-order chi connectivity index (χ1) is 9.10. The molecular weight excluding hydrogens is 236 g/mol. The van der Waals surface area contributed by atoms with Gasteiger partial charge in [0.1, 0.15) is 0 Å². The molecular formula is C16H30N2O. The van der Waals surface area contributed by atoms with Gasteiger partial charge in [0.25, 0.3) is 0 Å². The molecule has 2 unspecified atom stereocenters. The molecule has 1 N–H and O–H groups in total. The molecule has 3 heteroatoms. The van der Waals surface area contributed by atoms with Crippen LogP contribution in [-0.4, -0.2) is 28.6 Å². The van der Waals surface area contributed by atoms with Gasteiger partial charge in [-0.3, -0.25) is 10.1 Å². The first kappa shape index (κ1) is 14.8. The second-order valence-electron chi connectivity index (χ2n) is 6.52. The monoisotopic (exact) mass is 266 g/mol. The van der Waals surface area contributed by atoms with E-state index in [0.29, 0.717) is 11.9 Å². The maximum absolute atomic E-state index is 12.7. The van der Waals surface area contributed by atoms with Gasteiger partial charge in [-0.2, -0.15) is 0 Å². The molecule has 1 amide bonds. The van der Waals surface area contributed by atoms with Crippen molar-refractivity contribution in [1.82, 2.24) is 10.2 Å². The number of carbonyl (C=O) groups is 1. The van der Waals surface area contributed by atoms with Gasteiger partial charge in [0.05, 0.1) is 11.7 Å². The highest BCUT2D eigenvalue weighted by Crippen LogP contribution is 2.37. The number of amides is 1. The van der Waals surface area contributed by atoms with Crippen molar-refractivity contribution in [3.05, 3.63) is 0 Å². The van der Waals surface area contributed by atoms with Crippen molar-refractivity contribution in [2.45, 2.75) is 96.3 Å². The first-order valence-corrected chi connectivity index (χ1v) is 8.21. The van der Waals surface area contributed by atoms with Crippen molar-refractivity contribution >= 4 is 5.91 Å². The normalized spacial score (nSPS) is 27.4. The summed E-state index contributed by atoms with van der Waals surface area (Å²) in [4.78, 5) is 14.9. The largest absolute Gasteiger partial charge is 0.323 e. The lowest BCUT2D eigenvalue weighted by molar-refractivity contribution is -0.135. The van der Waals surface area contributed by atoms with Crippen LogP contribution in [0.1, 0.15) is 78.6 Å². The molecule has 2 aliphatic rings. The van der Waals surface area contributed by atoms with Gasteiger partial charge in [0.15, 0.2) is 0 Å². The molecule has 1 aliphatic carbocycles. The van der Waals surface area contributed by atoms with E-state index in [-0.39, 0.29) is 11.7 Å². The number of hydrogen-bond acceptors (Lipinski definition) is 2. The Morgan fingerprint density at radius 3 is 2.63 bits per heavy atom. The summed E-state index contributed by atoms with van der Waals surface area (Å²) in [7, 11) is 0. The van der Waals surface area contributed by atoms with E-state index >= 15 is 0 Å². The van der Waals surface area contributed by atoms with Gasteiger partial charge < -0.3 is 4.90 Å². The molecule has 1 saturated carbocycles. The topological polar surface area (TPSA) is 32.3 Å². The summed E-state index contributed by atoms with van der Waals surface area (Å²) in [5, 5.41) is 3.59. The van der Waals surface area contributed by atoms with Crippen LogP contribution in [0.2, 0.25) is 0 Å². The lowest BCUT2D eigenvalue weighted by atomic mass is 9.97. The molecule has 3 nitrogen and oxygen atoms in total. The van der Waals surface area contributed by atoms with E-state index in [1.165, 1.54) is 38.5 Å². The van der Waals surface area contributed by atoms with Crippen molar-refractivity contribution in [3.8, 4) is 0 Å². The average Bonchev–Trinajstić information content (AvgIpc) is 2.93. The Balaban J connectivity index is 1.90. The molecule has 0 aromatic heterocycles. The van der Waals surface area contributed by atoms with Gasteiger partial charge in [-0.15, -0.1) is 0 Å². The molecule has 0 aromatic rings. The smallest absolute Gasteiger partial charge is 0.244 e.